The summed E-state index contributed by atoms with van der Waals surface area (Å²) in [6.07, 6.45) is -2.39. The van der Waals surface area contributed by atoms with E-state index in [1.807, 2.05) is 6.92 Å². The summed E-state index contributed by atoms with van der Waals surface area (Å²) < 4.78 is 16.2. The normalized spacial score (nSPS) is 15.9. The first-order valence-electron chi connectivity index (χ1n) is 9.26. The third kappa shape index (κ3) is 5.04. The average Bonchev–Trinajstić information content (AvgIpc) is 2.70. The van der Waals surface area contributed by atoms with Crippen molar-refractivity contribution in [3.63, 3.8) is 0 Å². The van der Waals surface area contributed by atoms with E-state index in [9.17, 15) is 14.4 Å². The fourth-order valence-electron chi connectivity index (χ4n) is 2.76. The SMILES string of the molecule is CCOc1ccccc1NC(=O)[C@@H](C)OC(=O)C[C@@H]1Oc2ccccc2NC1=O. The number of ether oxygens (including phenoxy) is 3. The largest absolute Gasteiger partial charge is 0.492 e. The van der Waals surface area contributed by atoms with E-state index in [-0.39, 0.29) is 6.42 Å². The summed E-state index contributed by atoms with van der Waals surface area (Å²) in [5.74, 6) is -0.672. The molecule has 0 aliphatic carbocycles. The fraction of sp³-hybridized carbons (Fsp3) is 0.286. The van der Waals surface area contributed by atoms with Crippen molar-refractivity contribution in [2.75, 3.05) is 17.2 Å². The van der Waals surface area contributed by atoms with Crippen LogP contribution in [0.5, 0.6) is 11.5 Å². The summed E-state index contributed by atoms with van der Waals surface area (Å²) >= 11 is 0. The van der Waals surface area contributed by atoms with E-state index < -0.39 is 30.0 Å². The summed E-state index contributed by atoms with van der Waals surface area (Å²) in [5, 5.41) is 5.35. The maximum Gasteiger partial charge on any atom is 0.310 e. The highest BCUT2D eigenvalue weighted by Gasteiger charge is 2.31. The van der Waals surface area contributed by atoms with Crippen LogP contribution in [-0.4, -0.2) is 36.6 Å². The number of fused-ring (bicyclic) bond motifs is 1. The average molecular weight is 398 g/mol. The molecule has 0 saturated heterocycles. The maximum absolute atomic E-state index is 12.4. The topological polar surface area (TPSA) is 103 Å². The molecule has 0 bridgehead atoms. The maximum atomic E-state index is 12.4. The Labute approximate surface area is 168 Å². The molecule has 0 radical (unpaired) electrons. The van der Waals surface area contributed by atoms with E-state index >= 15 is 0 Å². The van der Waals surface area contributed by atoms with Crippen LogP contribution in [0.2, 0.25) is 0 Å². The number of hydrogen-bond donors (Lipinski definition) is 2. The molecule has 8 nitrogen and oxygen atoms in total. The molecule has 29 heavy (non-hydrogen) atoms. The van der Waals surface area contributed by atoms with Crippen molar-refractivity contribution in [2.45, 2.75) is 32.5 Å². The van der Waals surface area contributed by atoms with Crippen LogP contribution in [-0.2, 0) is 19.1 Å². The lowest BCUT2D eigenvalue weighted by Gasteiger charge is -2.25. The number of anilines is 2. The van der Waals surface area contributed by atoms with Crippen LogP contribution in [0.4, 0.5) is 11.4 Å². The van der Waals surface area contributed by atoms with Gasteiger partial charge in [-0.15, -0.1) is 0 Å². The third-order valence-corrected chi connectivity index (χ3v) is 4.18. The predicted octanol–water partition coefficient (Wildman–Crippen LogP) is 2.75. The first-order chi connectivity index (χ1) is 14.0. The van der Waals surface area contributed by atoms with E-state index in [2.05, 4.69) is 10.6 Å². The summed E-state index contributed by atoms with van der Waals surface area (Å²) in [7, 11) is 0. The van der Waals surface area contributed by atoms with Gasteiger partial charge in [0.25, 0.3) is 11.8 Å². The quantitative estimate of drug-likeness (QED) is 0.695. The zero-order valence-corrected chi connectivity index (χ0v) is 16.1. The second-order valence-corrected chi connectivity index (χ2v) is 6.35. The number of carbonyl (C=O) groups excluding carboxylic acids is 3. The van der Waals surface area contributed by atoms with Crippen LogP contribution >= 0.6 is 0 Å². The molecule has 0 saturated carbocycles. The van der Waals surface area contributed by atoms with Crippen LogP contribution in [0.25, 0.3) is 0 Å². The minimum absolute atomic E-state index is 0.312. The van der Waals surface area contributed by atoms with Crippen molar-refractivity contribution in [2.24, 2.45) is 0 Å². The molecule has 2 N–H and O–H groups in total. The number of hydrogen-bond acceptors (Lipinski definition) is 6. The van der Waals surface area contributed by atoms with Gasteiger partial charge in [0.15, 0.2) is 12.2 Å². The summed E-state index contributed by atoms with van der Waals surface area (Å²) in [6.45, 7) is 3.74. The Kier molecular flexibility index (Phi) is 6.33. The lowest BCUT2D eigenvalue weighted by Crippen LogP contribution is -2.40. The first kappa shape index (κ1) is 20.2. The number of para-hydroxylation sites is 4. The van der Waals surface area contributed by atoms with Crippen LogP contribution in [0.3, 0.4) is 0 Å². The zero-order valence-electron chi connectivity index (χ0n) is 16.1. The predicted molar refractivity (Wildman–Crippen MR) is 106 cm³/mol. The van der Waals surface area contributed by atoms with Crippen molar-refractivity contribution >= 4 is 29.2 Å². The van der Waals surface area contributed by atoms with Gasteiger partial charge < -0.3 is 24.8 Å². The molecule has 0 fully saturated rings. The minimum Gasteiger partial charge on any atom is -0.492 e. The molecule has 1 heterocycles. The molecular weight excluding hydrogens is 376 g/mol. The number of nitrogens with one attached hydrogen (secondary N) is 2. The Morgan fingerprint density at radius 2 is 1.90 bits per heavy atom. The van der Waals surface area contributed by atoms with Crippen molar-refractivity contribution in [1.29, 1.82) is 0 Å². The van der Waals surface area contributed by atoms with Crippen molar-refractivity contribution < 1.29 is 28.6 Å². The molecule has 2 aromatic carbocycles. The molecule has 2 atom stereocenters. The van der Waals surface area contributed by atoms with E-state index in [1.165, 1.54) is 6.92 Å². The number of amides is 2. The second-order valence-electron chi connectivity index (χ2n) is 6.35. The second kappa shape index (κ2) is 9.09. The molecule has 0 unspecified atom stereocenters. The van der Waals surface area contributed by atoms with Gasteiger partial charge in [0.1, 0.15) is 11.5 Å². The molecule has 2 aromatic rings. The molecular formula is C21H22N2O6. The monoisotopic (exact) mass is 398 g/mol. The van der Waals surface area contributed by atoms with Gasteiger partial charge in [0.05, 0.1) is 24.4 Å². The van der Waals surface area contributed by atoms with Crippen LogP contribution in [0.15, 0.2) is 48.5 Å². The molecule has 3 rings (SSSR count). The Bertz CT molecular complexity index is 914. The Balaban J connectivity index is 1.55. The number of esters is 1. The van der Waals surface area contributed by atoms with Crippen molar-refractivity contribution in [3.05, 3.63) is 48.5 Å². The standard InChI is InChI=1S/C21H22N2O6/c1-3-27-16-10-6-4-8-14(16)22-20(25)13(2)28-19(24)12-18-21(26)23-15-9-5-7-11-17(15)29-18/h4-11,13,18H,3,12H2,1-2H3,(H,22,25)(H,23,26)/t13-,18+/m1/s1. The molecule has 8 heteroatoms. The van der Waals surface area contributed by atoms with Gasteiger partial charge in [0.2, 0.25) is 0 Å². The fourth-order valence-corrected chi connectivity index (χ4v) is 2.76. The number of benzene rings is 2. The molecule has 2 amide bonds. The highest BCUT2D eigenvalue weighted by atomic mass is 16.6. The third-order valence-electron chi connectivity index (χ3n) is 4.18. The lowest BCUT2D eigenvalue weighted by atomic mass is 10.1. The first-order valence-corrected chi connectivity index (χ1v) is 9.26. The minimum atomic E-state index is -1.06. The van der Waals surface area contributed by atoms with Gasteiger partial charge in [-0.25, -0.2) is 0 Å². The van der Waals surface area contributed by atoms with Crippen LogP contribution in [0.1, 0.15) is 20.3 Å². The lowest BCUT2D eigenvalue weighted by molar-refractivity contribution is -0.155. The van der Waals surface area contributed by atoms with Crippen molar-refractivity contribution in [1.82, 2.24) is 0 Å². The van der Waals surface area contributed by atoms with Gasteiger partial charge in [-0.3, -0.25) is 14.4 Å². The van der Waals surface area contributed by atoms with E-state index in [0.29, 0.717) is 29.5 Å². The van der Waals surface area contributed by atoms with E-state index in [4.69, 9.17) is 14.2 Å². The highest BCUT2D eigenvalue weighted by molar-refractivity contribution is 6.00. The summed E-state index contributed by atoms with van der Waals surface area (Å²) in [4.78, 5) is 36.7. The molecule has 0 spiro atoms. The van der Waals surface area contributed by atoms with Gasteiger partial charge in [0, 0.05) is 0 Å². The highest BCUT2D eigenvalue weighted by Crippen LogP contribution is 2.29. The zero-order chi connectivity index (χ0) is 20.8. The summed E-state index contributed by atoms with van der Waals surface area (Å²) in [6, 6.07) is 13.9. The smallest absolute Gasteiger partial charge is 0.310 e. The molecule has 1 aliphatic heterocycles. The van der Waals surface area contributed by atoms with Gasteiger partial charge in [-0.1, -0.05) is 24.3 Å². The Hall–Kier alpha value is -3.55. The number of carbonyl (C=O) groups is 3. The van der Waals surface area contributed by atoms with Crippen LogP contribution in [0, 0.1) is 0 Å². The molecule has 1 aliphatic rings. The summed E-state index contributed by atoms with van der Waals surface area (Å²) in [5.41, 5.74) is 1.02. The van der Waals surface area contributed by atoms with Gasteiger partial charge in [-0.05, 0) is 38.1 Å². The van der Waals surface area contributed by atoms with Gasteiger partial charge in [-0.2, -0.15) is 0 Å². The Morgan fingerprint density at radius 1 is 1.17 bits per heavy atom. The van der Waals surface area contributed by atoms with Crippen molar-refractivity contribution in [3.8, 4) is 11.5 Å². The number of rotatable bonds is 7. The van der Waals surface area contributed by atoms with Gasteiger partial charge >= 0.3 is 5.97 Å². The van der Waals surface area contributed by atoms with E-state index in [0.717, 1.165) is 0 Å². The Morgan fingerprint density at radius 3 is 2.69 bits per heavy atom. The van der Waals surface area contributed by atoms with E-state index in [1.54, 1.807) is 48.5 Å². The molecule has 0 aromatic heterocycles. The van der Waals surface area contributed by atoms with Crippen LogP contribution < -0.4 is 20.1 Å². The molecule has 152 valence electrons.